The van der Waals surface area contributed by atoms with Crippen molar-refractivity contribution in [2.24, 2.45) is 0 Å². The number of nitrogens with zero attached hydrogens (tertiary/aromatic N) is 2. The molecule has 1 saturated heterocycles. The number of carbonyl (C=O) groups excluding carboxylic acids is 1. The van der Waals surface area contributed by atoms with Gasteiger partial charge in [0.15, 0.2) is 12.2 Å². The quantitative estimate of drug-likeness (QED) is 0.925. The van der Waals surface area contributed by atoms with E-state index in [1.807, 2.05) is 0 Å². The maximum Gasteiger partial charge on any atom is 0.305 e. The van der Waals surface area contributed by atoms with Crippen molar-refractivity contribution in [1.29, 1.82) is 0 Å². The molecule has 1 atom stereocenters. The zero-order valence-corrected chi connectivity index (χ0v) is 13.2. The second-order valence-electron chi connectivity index (χ2n) is 5.27. The number of hydrogen-bond donors (Lipinski definition) is 1. The molecule has 0 saturated carbocycles. The number of thioether (sulfide) groups is 1. The lowest BCUT2D eigenvalue weighted by Gasteiger charge is -2.34. The molecular weight excluding hydrogens is 316 g/mol. The average molecular weight is 332 g/mol. The maximum atomic E-state index is 12.7. The highest BCUT2D eigenvalue weighted by atomic mass is 32.2. The Morgan fingerprint density at radius 2 is 2.13 bits per heavy atom. The van der Waals surface area contributed by atoms with Gasteiger partial charge in [0, 0.05) is 29.2 Å². The summed E-state index contributed by atoms with van der Waals surface area (Å²) in [5.41, 5.74) is 1.39. The summed E-state index contributed by atoms with van der Waals surface area (Å²) in [6.07, 6.45) is 2.95. The van der Waals surface area contributed by atoms with Gasteiger partial charge in [0.1, 0.15) is 0 Å². The van der Waals surface area contributed by atoms with E-state index < -0.39 is 5.97 Å². The van der Waals surface area contributed by atoms with E-state index in [1.54, 1.807) is 47.1 Å². The smallest absolute Gasteiger partial charge is 0.305 e. The maximum absolute atomic E-state index is 12.7. The monoisotopic (exact) mass is 332 g/mol. The van der Waals surface area contributed by atoms with Gasteiger partial charge < -0.3 is 14.4 Å². The van der Waals surface area contributed by atoms with E-state index in [4.69, 9.17) is 9.52 Å². The summed E-state index contributed by atoms with van der Waals surface area (Å²) in [7, 11) is 0. The SMILES string of the molecule is O=C(O)CC1CSCCN1C(=O)c1ccc(-c2cnco2)cc1. The molecule has 1 aromatic carbocycles. The number of amides is 1. The first-order valence-electron chi connectivity index (χ1n) is 7.24. The Hall–Kier alpha value is -2.28. The van der Waals surface area contributed by atoms with Crippen molar-refractivity contribution >= 4 is 23.6 Å². The number of carboxylic acids is 1. The van der Waals surface area contributed by atoms with Gasteiger partial charge in [0.25, 0.3) is 5.91 Å². The topological polar surface area (TPSA) is 83.6 Å². The van der Waals surface area contributed by atoms with E-state index in [0.717, 1.165) is 11.3 Å². The average Bonchev–Trinajstić information content (AvgIpc) is 3.09. The molecule has 1 N–H and O–H groups in total. The van der Waals surface area contributed by atoms with Crippen LogP contribution in [0.25, 0.3) is 11.3 Å². The van der Waals surface area contributed by atoms with Crippen LogP contribution < -0.4 is 0 Å². The van der Waals surface area contributed by atoms with Crippen LogP contribution in [0.3, 0.4) is 0 Å². The Bertz CT molecular complexity index is 685. The fourth-order valence-electron chi connectivity index (χ4n) is 2.59. The van der Waals surface area contributed by atoms with E-state index in [0.29, 0.717) is 23.6 Å². The fourth-order valence-corrected chi connectivity index (χ4v) is 3.66. The van der Waals surface area contributed by atoms with E-state index in [1.165, 1.54) is 6.39 Å². The molecule has 6 nitrogen and oxygen atoms in total. The molecule has 3 rings (SSSR count). The lowest BCUT2D eigenvalue weighted by atomic mass is 10.1. The first-order valence-corrected chi connectivity index (χ1v) is 8.40. The van der Waals surface area contributed by atoms with Crippen molar-refractivity contribution < 1.29 is 19.1 Å². The molecule has 0 radical (unpaired) electrons. The summed E-state index contributed by atoms with van der Waals surface area (Å²) < 4.78 is 5.22. The molecule has 23 heavy (non-hydrogen) atoms. The predicted molar refractivity (Wildman–Crippen MR) is 86.3 cm³/mol. The number of aromatic nitrogens is 1. The van der Waals surface area contributed by atoms with Crippen molar-refractivity contribution in [1.82, 2.24) is 9.88 Å². The van der Waals surface area contributed by atoms with Crippen LogP contribution in [0.4, 0.5) is 0 Å². The zero-order chi connectivity index (χ0) is 16.2. The predicted octanol–water partition coefficient (Wildman–Crippen LogP) is 2.37. The van der Waals surface area contributed by atoms with Crippen molar-refractivity contribution in [3.8, 4) is 11.3 Å². The van der Waals surface area contributed by atoms with E-state index in [2.05, 4.69) is 4.98 Å². The normalized spacial score (nSPS) is 17.9. The first kappa shape index (κ1) is 15.6. The van der Waals surface area contributed by atoms with Gasteiger partial charge in [-0.1, -0.05) is 12.1 Å². The van der Waals surface area contributed by atoms with Gasteiger partial charge >= 0.3 is 5.97 Å². The van der Waals surface area contributed by atoms with E-state index in [9.17, 15) is 9.59 Å². The van der Waals surface area contributed by atoms with Crippen LogP contribution in [0.2, 0.25) is 0 Å². The molecule has 1 aliphatic heterocycles. The molecule has 120 valence electrons. The number of aliphatic carboxylic acids is 1. The summed E-state index contributed by atoms with van der Waals surface area (Å²) >= 11 is 1.69. The van der Waals surface area contributed by atoms with Gasteiger partial charge in [0.2, 0.25) is 0 Å². The Balaban J connectivity index is 1.77. The third-order valence-electron chi connectivity index (χ3n) is 3.75. The Morgan fingerprint density at radius 1 is 1.35 bits per heavy atom. The summed E-state index contributed by atoms with van der Waals surface area (Å²) in [6, 6.07) is 6.82. The van der Waals surface area contributed by atoms with Crippen molar-refractivity contribution in [2.75, 3.05) is 18.1 Å². The van der Waals surface area contributed by atoms with Gasteiger partial charge in [-0.05, 0) is 12.1 Å². The number of carbonyl (C=O) groups is 2. The fraction of sp³-hybridized carbons (Fsp3) is 0.312. The minimum Gasteiger partial charge on any atom is -0.481 e. The number of benzene rings is 1. The lowest BCUT2D eigenvalue weighted by Crippen LogP contribution is -2.47. The highest BCUT2D eigenvalue weighted by Gasteiger charge is 2.29. The molecule has 2 heterocycles. The molecule has 1 fully saturated rings. The van der Waals surface area contributed by atoms with Gasteiger partial charge in [-0.3, -0.25) is 9.59 Å². The summed E-state index contributed by atoms with van der Waals surface area (Å²) in [5, 5.41) is 9.01. The molecule has 1 aromatic heterocycles. The Labute approximate surface area is 137 Å². The van der Waals surface area contributed by atoms with Crippen LogP contribution in [0.5, 0.6) is 0 Å². The Morgan fingerprint density at radius 3 is 2.78 bits per heavy atom. The molecule has 7 heteroatoms. The molecule has 0 aliphatic carbocycles. The Kier molecular flexibility index (Phi) is 4.66. The van der Waals surface area contributed by atoms with Crippen LogP contribution in [-0.2, 0) is 4.79 Å². The molecule has 1 amide bonds. The molecule has 0 bridgehead atoms. The number of oxazole rings is 1. The summed E-state index contributed by atoms with van der Waals surface area (Å²) in [6.45, 7) is 0.575. The summed E-state index contributed by atoms with van der Waals surface area (Å²) in [5.74, 6) is 1.13. The van der Waals surface area contributed by atoms with Crippen LogP contribution in [0, 0.1) is 0 Å². The van der Waals surface area contributed by atoms with Crippen LogP contribution >= 0.6 is 11.8 Å². The van der Waals surface area contributed by atoms with Crippen LogP contribution in [0.15, 0.2) is 41.3 Å². The standard InChI is InChI=1S/C16H16N2O4S/c19-15(20)7-13-9-23-6-5-18(13)16(21)12-3-1-11(2-4-12)14-8-17-10-22-14/h1-4,8,10,13H,5-7,9H2,(H,19,20). The number of carboxylic acid groups (broad SMARTS) is 1. The lowest BCUT2D eigenvalue weighted by molar-refractivity contribution is -0.138. The highest BCUT2D eigenvalue weighted by Crippen LogP contribution is 2.23. The number of rotatable bonds is 4. The first-order chi connectivity index (χ1) is 11.1. The van der Waals surface area contributed by atoms with Crippen LogP contribution in [-0.4, -0.2) is 51.0 Å². The molecule has 2 aromatic rings. The van der Waals surface area contributed by atoms with Gasteiger partial charge in [-0.25, -0.2) is 4.98 Å². The molecule has 1 unspecified atom stereocenters. The molecule has 0 spiro atoms. The highest BCUT2D eigenvalue weighted by molar-refractivity contribution is 7.99. The van der Waals surface area contributed by atoms with Crippen molar-refractivity contribution in [3.63, 3.8) is 0 Å². The second-order valence-corrected chi connectivity index (χ2v) is 6.42. The molecular formula is C16H16N2O4S. The number of hydrogen-bond acceptors (Lipinski definition) is 5. The third kappa shape index (κ3) is 3.56. The molecule has 1 aliphatic rings. The van der Waals surface area contributed by atoms with Gasteiger partial charge in [-0.15, -0.1) is 0 Å². The van der Waals surface area contributed by atoms with Crippen LogP contribution in [0.1, 0.15) is 16.8 Å². The summed E-state index contributed by atoms with van der Waals surface area (Å²) in [4.78, 5) is 29.2. The largest absolute Gasteiger partial charge is 0.481 e. The van der Waals surface area contributed by atoms with E-state index in [-0.39, 0.29) is 18.4 Å². The van der Waals surface area contributed by atoms with Gasteiger partial charge in [0.05, 0.1) is 18.7 Å². The van der Waals surface area contributed by atoms with Crippen molar-refractivity contribution in [3.05, 3.63) is 42.4 Å². The van der Waals surface area contributed by atoms with E-state index >= 15 is 0 Å². The third-order valence-corrected chi connectivity index (χ3v) is 4.84. The zero-order valence-electron chi connectivity index (χ0n) is 12.3. The minimum absolute atomic E-state index is 0.0190. The van der Waals surface area contributed by atoms with Gasteiger partial charge in [-0.2, -0.15) is 11.8 Å². The second kappa shape index (κ2) is 6.87. The van der Waals surface area contributed by atoms with Crippen molar-refractivity contribution in [2.45, 2.75) is 12.5 Å². The minimum atomic E-state index is -0.879.